The quantitative estimate of drug-likeness (QED) is 0.401. The minimum absolute atomic E-state index is 0.213. The zero-order chi connectivity index (χ0) is 20.1. The van der Waals surface area contributed by atoms with Crippen LogP contribution in [0.25, 0.3) is 11.3 Å². The lowest BCUT2D eigenvalue weighted by atomic mass is 10.1. The van der Waals surface area contributed by atoms with Crippen molar-refractivity contribution in [1.82, 2.24) is 20.1 Å². The van der Waals surface area contributed by atoms with Gasteiger partial charge in [0.15, 0.2) is 0 Å². The van der Waals surface area contributed by atoms with E-state index in [9.17, 15) is 0 Å². The molecule has 4 aromatic rings. The van der Waals surface area contributed by atoms with E-state index in [0.29, 0.717) is 0 Å². The van der Waals surface area contributed by atoms with Crippen LogP contribution in [0.2, 0.25) is 0 Å². The van der Waals surface area contributed by atoms with Gasteiger partial charge in [0.1, 0.15) is 0 Å². The van der Waals surface area contributed by atoms with Crippen molar-refractivity contribution in [2.75, 3.05) is 0 Å². The molecule has 0 amide bonds. The Morgan fingerprint density at radius 1 is 1.00 bits per heavy atom. The fourth-order valence-corrected chi connectivity index (χ4v) is 4.02. The molecule has 0 bridgehead atoms. The summed E-state index contributed by atoms with van der Waals surface area (Å²) in [6.07, 6.45) is 5.79. The Morgan fingerprint density at radius 2 is 1.79 bits per heavy atom. The molecule has 2 aromatic carbocycles. The Balaban J connectivity index is 1.58. The lowest BCUT2D eigenvalue weighted by Crippen LogP contribution is -2.18. The zero-order valence-corrected chi connectivity index (χ0v) is 17.9. The van der Waals surface area contributed by atoms with Gasteiger partial charge in [0, 0.05) is 46.8 Å². The molecule has 0 fully saturated rings. The van der Waals surface area contributed by atoms with Crippen molar-refractivity contribution in [2.24, 2.45) is 0 Å². The van der Waals surface area contributed by atoms with Gasteiger partial charge in [-0.3, -0.25) is 9.67 Å². The molecular weight excluding hydrogens is 424 g/mol. The molecule has 0 spiro atoms. The van der Waals surface area contributed by atoms with Gasteiger partial charge in [-0.1, -0.05) is 64.5 Å². The highest BCUT2D eigenvalue weighted by Gasteiger charge is 2.14. The van der Waals surface area contributed by atoms with Crippen LogP contribution in [0.4, 0.5) is 0 Å². The van der Waals surface area contributed by atoms with E-state index in [1.165, 1.54) is 11.1 Å². The Hall–Kier alpha value is -2.76. The molecule has 146 valence electrons. The molecule has 0 aliphatic heterocycles. The maximum absolute atomic E-state index is 4.87. The SMILES string of the molecule is C[C@@H](NCc1cn(Cc2ccccc2)nc1-c1cccnc1)c1ccccc1Br. The van der Waals surface area contributed by atoms with Crippen LogP contribution in [0.15, 0.2) is 89.8 Å². The Kier molecular flexibility index (Phi) is 6.17. The first kappa shape index (κ1) is 19.6. The molecule has 0 aliphatic carbocycles. The predicted octanol–water partition coefficient (Wildman–Crippen LogP) is 5.61. The molecular formula is C24H23BrN4. The first-order valence-electron chi connectivity index (χ1n) is 9.69. The highest BCUT2D eigenvalue weighted by Crippen LogP contribution is 2.25. The maximum atomic E-state index is 4.87. The van der Waals surface area contributed by atoms with Crippen LogP contribution in [0.5, 0.6) is 0 Å². The van der Waals surface area contributed by atoms with E-state index in [2.05, 4.69) is 87.9 Å². The van der Waals surface area contributed by atoms with Gasteiger partial charge in [0.25, 0.3) is 0 Å². The second-order valence-electron chi connectivity index (χ2n) is 7.05. The molecule has 0 aliphatic rings. The number of nitrogens with zero attached hydrogens (tertiary/aromatic N) is 3. The topological polar surface area (TPSA) is 42.7 Å². The molecule has 0 saturated carbocycles. The van der Waals surface area contributed by atoms with Gasteiger partial charge >= 0.3 is 0 Å². The Morgan fingerprint density at radius 3 is 2.55 bits per heavy atom. The lowest BCUT2D eigenvalue weighted by molar-refractivity contribution is 0.572. The van der Waals surface area contributed by atoms with Gasteiger partial charge in [0.2, 0.25) is 0 Å². The van der Waals surface area contributed by atoms with Crippen molar-refractivity contribution in [1.29, 1.82) is 0 Å². The Labute approximate surface area is 179 Å². The molecule has 2 heterocycles. The number of benzene rings is 2. The van der Waals surface area contributed by atoms with E-state index in [4.69, 9.17) is 5.10 Å². The van der Waals surface area contributed by atoms with Crippen molar-refractivity contribution >= 4 is 15.9 Å². The van der Waals surface area contributed by atoms with E-state index < -0.39 is 0 Å². The molecule has 1 N–H and O–H groups in total. The summed E-state index contributed by atoms with van der Waals surface area (Å²) in [5.41, 5.74) is 5.64. The standard InChI is InChI=1S/C24H23BrN4/c1-18(22-11-5-6-12-23(22)25)27-15-21-17-29(16-19-8-3-2-4-9-19)28-24(21)20-10-7-13-26-14-20/h2-14,17-18,27H,15-16H2,1H3/t18-/m1/s1. The van der Waals surface area contributed by atoms with Crippen molar-refractivity contribution in [3.8, 4) is 11.3 Å². The van der Waals surface area contributed by atoms with Crippen LogP contribution in [0.1, 0.15) is 29.7 Å². The fraction of sp³-hybridized carbons (Fsp3) is 0.167. The average molecular weight is 447 g/mol. The third kappa shape index (κ3) is 4.81. The van der Waals surface area contributed by atoms with E-state index in [-0.39, 0.29) is 6.04 Å². The lowest BCUT2D eigenvalue weighted by Gasteiger charge is -2.15. The first-order chi connectivity index (χ1) is 14.2. The van der Waals surface area contributed by atoms with Gasteiger partial charge < -0.3 is 5.32 Å². The van der Waals surface area contributed by atoms with E-state index in [0.717, 1.165) is 34.4 Å². The highest BCUT2D eigenvalue weighted by molar-refractivity contribution is 9.10. The summed E-state index contributed by atoms with van der Waals surface area (Å²) in [4.78, 5) is 4.27. The van der Waals surface area contributed by atoms with Crippen molar-refractivity contribution in [3.05, 3.63) is 106 Å². The van der Waals surface area contributed by atoms with Crippen LogP contribution in [-0.4, -0.2) is 14.8 Å². The van der Waals surface area contributed by atoms with Crippen LogP contribution >= 0.6 is 15.9 Å². The van der Waals surface area contributed by atoms with E-state index >= 15 is 0 Å². The van der Waals surface area contributed by atoms with Crippen LogP contribution in [0.3, 0.4) is 0 Å². The molecule has 0 saturated heterocycles. The minimum Gasteiger partial charge on any atom is -0.306 e. The summed E-state index contributed by atoms with van der Waals surface area (Å²) >= 11 is 3.65. The number of nitrogens with one attached hydrogen (secondary N) is 1. The molecule has 2 aromatic heterocycles. The van der Waals surface area contributed by atoms with E-state index in [1.807, 2.05) is 29.1 Å². The van der Waals surface area contributed by atoms with Crippen molar-refractivity contribution in [2.45, 2.75) is 26.1 Å². The molecule has 0 unspecified atom stereocenters. The second-order valence-corrected chi connectivity index (χ2v) is 7.91. The number of hydrogen-bond acceptors (Lipinski definition) is 3. The van der Waals surface area contributed by atoms with Crippen LogP contribution in [-0.2, 0) is 13.1 Å². The summed E-state index contributed by atoms with van der Waals surface area (Å²) in [6.45, 7) is 3.65. The van der Waals surface area contributed by atoms with Crippen molar-refractivity contribution < 1.29 is 0 Å². The summed E-state index contributed by atoms with van der Waals surface area (Å²) < 4.78 is 3.13. The minimum atomic E-state index is 0.213. The molecule has 1 atom stereocenters. The monoisotopic (exact) mass is 446 g/mol. The van der Waals surface area contributed by atoms with Gasteiger partial charge in [-0.05, 0) is 36.2 Å². The van der Waals surface area contributed by atoms with Gasteiger partial charge in [0.05, 0.1) is 12.2 Å². The maximum Gasteiger partial charge on any atom is 0.0983 e. The summed E-state index contributed by atoms with van der Waals surface area (Å²) in [6, 6.07) is 22.9. The normalized spacial score (nSPS) is 12.1. The fourth-order valence-electron chi connectivity index (χ4n) is 3.39. The van der Waals surface area contributed by atoms with E-state index in [1.54, 1.807) is 6.20 Å². The number of rotatable bonds is 7. The van der Waals surface area contributed by atoms with Crippen LogP contribution < -0.4 is 5.32 Å². The average Bonchev–Trinajstić information content (AvgIpc) is 3.16. The molecule has 4 rings (SSSR count). The Bertz CT molecular complexity index is 1060. The van der Waals surface area contributed by atoms with Crippen molar-refractivity contribution in [3.63, 3.8) is 0 Å². The third-order valence-electron chi connectivity index (χ3n) is 4.93. The van der Waals surface area contributed by atoms with Gasteiger partial charge in [-0.15, -0.1) is 0 Å². The molecule has 5 heteroatoms. The van der Waals surface area contributed by atoms with Gasteiger partial charge in [-0.25, -0.2) is 0 Å². The largest absolute Gasteiger partial charge is 0.306 e. The smallest absolute Gasteiger partial charge is 0.0983 e. The number of pyridine rings is 1. The third-order valence-corrected chi connectivity index (χ3v) is 5.65. The molecule has 4 nitrogen and oxygen atoms in total. The predicted molar refractivity (Wildman–Crippen MR) is 120 cm³/mol. The van der Waals surface area contributed by atoms with Crippen LogP contribution in [0, 0.1) is 0 Å². The first-order valence-corrected chi connectivity index (χ1v) is 10.5. The summed E-state index contributed by atoms with van der Waals surface area (Å²) in [5, 5.41) is 8.51. The summed E-state index contributed by atoms with van der Waals surface area (Å²) in [5.74, 6) is 0. The zero-order valence-electron chi connectivity index (χ0n) is 16.3. The number of hydrogen-bond donors (Lipinski definition) is 1. The number of halogens is 1. The molecule has 0 radical (unpaired) electrons. The highest BCUT2D eigenvalue weighted by atomic mass is 79.9. The second kappa shape index (κ2) is 9.16. The number of aromatic nitrogens is 3. The molecule has 29 heavy (non-hydrogen) atoms. The summed E-state index contributed by atoms with van der Waals surface area (Å²) in [7, 11) is 0. The van der Waals surface area contributed by atoms with Gasteiger partial charge in [-0.2, -0.15) is 5.10 Å².